The van der Waals surface area contributed by atoms with Gasteiger partial charge in [0.15, 0.2) is 0 Å². The largest absolute Gasteiger partial charge is 0.356 e. The van der Waals surface area contributed by atoms with Crippen molar-refractivity contribution in [1.29, 1.82) is 0 Å². The fraction of sp³-hybridized carbons (Fsp3) is 0.235. The topological polar surface area (TPSA) is 47.9 Å². The molecule has 40 heavy (non-hydrogen) atoms. The van der Waals surface area contributed by atoms with Gasteiger partial charge in [-0.25, -0.2) is 0 Å². The van der Waals surface area contributed by atoms with Crippen LogP contribution in [0.25, 0.3) is 10.8 Å². The Kier molecular flexibility index (Phi) is 7.31. The number of hydrogen-bond donors (Lipinski definition) is 1. The minimum atomic E-state index is -0.122. The summed E-state index contributed by atoms with van der Waals surface area (Å²) in [5.41, 5.74) is 4.95. The number of nitrogens with zero attached hydrogens (tertiary/aromatic N) is 3. The third-order valence-corrected chi connectivity index (χ3v) is 8.30. The second kappa shape index (κ2) is 11.2. The number of rotatable bonds is 4. The Morgan fingerprint density at radius 3 is 2.45 bits per heavy atom. The van der Waals surface area contributed by atoms with Crippen molar-refractivity contribution in [2.75, 3.05) is 25.0 Å². The fourth-order valence-electron chi connectivity index (χ4n) is 5.75. The highest BCUT2D eigenvalue weighted by atomic mass is 35.5. The van der Waals surface area contributed by atoms with Crippen molar-refractivity contribution < 1.29 is 4.79 Å². The number of likely N-dealkylation sites (N-methyl/N-ethyl adjacent to an activating group) is 1. The van der Waals surface area contributed by atoms with Crippen molar-refractivity contribution in [3.63, 3.8) is 0 Å². The molecule has 1 unspecified atom stereocenters. The maximum absolute atomic E-state index is 12.7. The van der Waals surface area contributed by atoms with E-state index in [2.05, 4.69) is 77.3 Å². The summed E-state index contributed by atoms with van der Waals surface area (Å²) in [7, 11) is 2.06. The first kappa shape index (κ1) is 26.1. The van der Waals surface area contributed by atoms with E-state index < -0.39 is 0 Å². The highest BCUT2D eigenvalue weighted by Gasteiger charge is 2.31. The molecule has 6 heteroatoms. The Morgan fingerprint density at radius 2 is 1.68 bits per heavy atom. The maximum Gasteiger partial charge on any atom is 0.251 e. The van der Waals surface area contributed by atoms with E-state index in [4.69, 9.17) is 16.6 Å². The van der Waals surface area contributed by atoms with E-state index in [1.807, 2.05) is 42.5 Å². The molecule has 4 aromatic rings. The summed E-state index contributed by atoms with van der Waals surface area (Å²) < 4.78 is 0. The molecule has 202 valence electrons. The third-order valence-electron chi connectivity index (χ3n) is 8.06. The summed E-state index contributed by atoms with van der Waals surface area (Å²) in [6, 6.07) is 30.5. The number of benzodiazepines with no additional fused rings is 1. The summed E-state index contributed by atoms with van der Waals surface area (Å²) in [5, 5.41) is 6.37. The van der Waals surface area contributed by atoms with Crippen LogP contribution in [0.2, 0.25) is 5.02 Å². The summed E-state index contributed by atoms with van der Waals surface area (Å²) in [5.74, 6) is 0.929. The molecule has 0 spiro atoms. The number of hydrogen-bond acceptors (Lipinski definition) is 4. The van der Waals surface area contributed by atoms with Crippen molar-refractivity contribution >= 4 is 39.8 Å². The SMILES string of the molecule is C=C1C(Cc2ccc3ccccc3c2)N=C(N2CCC(NC(=O)c3ccccc3)CC2)c2cc(Cl)ccc2N1C. The summed E-state index contributed by atoms with van der Waals surface area (Å²) in [6.07, 6.45) is 2.45. The molecule has 2 heterocycles. The van der Waals surface area contributed by atoms with E-state index in [9.17, 15) is 4.79 Å². The fourth-order valence-corrected chi connectivity index (χ4v) is 5.92. The average molecular weight is 549 g/mol. The third kappa shape index (κ3) is 5.34. The number of amidine groups is 1. The van der Waals surface area contributed by atoms with Gasteiger partial charge in [0.2, 0.25) is 0 Å². The lowest BCUT2D eigenvalue weighted by Gasteiger charge is -2.35. The minimum Gasteiger partial charge on any atom is -0.356 e. The molecule has 2 aliphatic rings. The van der Waals surface area contributed by atoms with Gasteiger partial charge in [0.1, 0.15) is 5.84 Å². The average Bonchev–Trinajstić information content (AvgIpc) is 3.08. The molecule has 0 bridgehead atoms. The Labute approximate surface area is 240 Å². The van der Waals surface area contributed by atoms with Crippen molar-refractivity contribution in [3.05, 3.63) is 125 Å². The second-order valence-corrected chi connectivity index (χ2v) is 11.1. The molecule has 2 aliphatic heterocycles. The van der Waals surface area contributed by atoms with Gasteiger partial charge in [-0.1, -0.05) is 78.8 Å². The number of carbonyl (C=O) groups excluding carboxylic acids is 1. The molecule has 0 aliphatic carbocycles. The number of benzene rings is 4. The van der Waals surface area contributed by atoms with E-state index in [0.717, 1.165) is 55.1 Å². The molecule has 1 fully saturated rings. The number of aliphatic imine (C=N–C) groups is 1. The van der Waals surface area contributed by atoms with Gasteiger partial charge in [-0.3, -0.25) is 9.79 Å². The lowest BCUT2D eigenvalue weighted by atomic mass is 10.00. The van der Waals surface area contributed by atoms with Gasteiger partial charge < -0.3 is 15.1 Å². The normalized spacial score (nSPS) is 17.8. The molecular weight excluding hydrogens is 516 g/mol. The number of halogens is 1. The van der Waals surface area contributed by atoms with Crippen molar-refractivity contribution in [2.45, 2.75) is 31.3 Å². The van der Waals surface area contributed by atoms with Crippen LogP contribution >= 0.6 is 11.6 Å². The van der Waals surface area contributed by atoms with Crippen molar-refractivity contribution in [1.82, 2.24) is 10.2 Å². The number of likely N-dealkylation sites (tertiary alicyclic amines) is 1. The predicted octanol–water partition coefficient (Wildman–Crippen LogP) is 6.71. The molecule has 0 saturated carbocycles. The number of piperidine rings is 1. The Morgan fingerprint density at radius 1 is 0.950 bits per heavy atom. The van der Waals surface area contributed by atoms with Gasteiger partial charge in [0.25, 0.3) is 5.91 Å². The van der Waals surface area contributed by atoms with Gasteiger partial charge in [-0.05, 0) is 59.5 Å². The lowest BCUT2D eigenvalue weighted by molar-refractivity contribution is 0.0922. The van der Waals surface area contributed by atoms with E-state index in [1.54, 1.807) is 0 Å². The van der Waals surface area contributed by atoms with Crippen LogP contribution in [0, 0.1) is 0 Å². The first-order chi connectivity index (χ1) is 19.5. The van der Waals surface area contributed by atoms with Gasteiger partial charge >= 0.3 is 0 Å². The Bertz CT molecular complexity index is 1590. The van der Waals surface area contributed by atoms with Crippen molar-refractivity contribution in [2.24, 2.45) is 4.99 Å². The first-order valence-electron chi connectivity index (χ1n) is 13.8. The zero-order valence-corrected chi connectivity index (χ0v) is 23.4. The van der Waals surface area contributed by atoms with Gasteiger partial charge in [0, 0.05) is 54.4 Å². The summed E-state index contributed by atoms with van der Waals surface area (Å²) in [4.78, 5) is 22.6. The molecule has 5 nitrogen and oxygen atoms in total. The summed E-state index contributed by atoms with van der Waals surface area (Å²) >= 11 is 6.52. The van der Waals surface area contributed by atoms with Gasteiger partial charge in [-0.2, -0.15) is 0 Å². The van der Waals surface area contributed by atoms with Crippen LogP contribution in [0.4, 0.5) is 5.69 Å². The van der Waals surface area contributed by atoms with Crippen LogP contribution in [0.15, 0.2) is 108 Å². The van der Waals surface area contributed by atoms with Crippen LogP contribution in [-0.4, -0.2) is 48.9 Å². The van der Waals surface area contributed by atoms with E-state index in [1.165, 1.54) is 16.3 Å². The van der Waals surface area contributed by atoms with Gasteiger partial charge in [-0.15, -0.1) is 0 Å². The molecule has 0 aromatic heterocycles. The quantitative estimate of drug-likeness (QED) is 0.308. The highest BCUT2D eigenvalue weighted by Crippen LogP contribution is 2.34. The predicted molar refractivity (Wildman–Crippen MR) is 165 cm³/mol. The van der Waals surface area contributed by atoms with E-state index in [0.29, 0.717) is 10.6 Å². The zero-order chi connectivity index (χ0) is 27.6. The Hall–Kier alpha value is -4.09. The number of amides is 1. The van der Waals surface area contributed by atoms with Crippen LogP contribution in [0.1, 0.15) is 34.3 Å². The van der Waals surface area contributed by atoms with E-state index in [-0.39, 0.29) is 18.0 Å². The zero-order valence-electron chi connectivity index (χ0n) is 22.7. The monoisotopic (exact) mass is 548 g/mol. The smallest absolute Gasteiger partial charge is 0.251 e. The molecule has 4 aromatic carbocycles. The summed E-state index contributed by atoms with van der Waals surface area (Å²) in [6.45, 7) is 6.08. The number of carbonyl (C=O) groups is 1. The first-order valence-corrected chi connectivity index (χ1v) is 14.2. The van der Waals surface area contributed by atoms with Crippen LogP contribution < -0.4 is 10.2 Å². The molecule has 0 radical (unpaired) electrons. The standard InChI is InChI=1S/C34H33ClN4O/c1-23-31(21-24-12-13-25-8-6-7-11-27(25)20-24)37-33(30-22-28(35)14-15-32(30)38(23)2)39-18-16-29(17-19-39)36-34(40)26-9-4-3-5-10-26/h3-15,20,22,29,31H,1,16-19,21H2,2H3,(H,36,40). The molecule has 1 atom stereocenters. The number of fused-ring (bicyclic) bond motifs is 2. The molecule has 1 amide bonds. The Balaban J connectivity index is 1.27. The highest BCUT2D eigenvalue weighted by molar-refractivity contribution is 6.31. The second-order valence-electron chi connectivity index (χ2n) is 10.7. The van der Waals surface area contributed by atoms with Crippen molar-refractivity contribution in [3.8, 4) is 0 Å². The minimum absolute atomic E-state index is 0.0173. The lowest BCUT2D eigenvalue weighted by Crippen LogP contribution is -2.47. The molecule has 6 rings (SSSR count). The molecular formula is C34H33ClN4O. The maximum atomic E-state index is 12.7. The number of anilines is 1. The van der Waals surface area contributed by atoms with Gasteiger partial charge in [0.05, 0.1) is 11.7 Å². The van der Waals surface area contributed by atoms with E-state index >= 15 is 0 Å². The number of nitrogens with one attached hydrogen (secondary N) is 1. The van der Waals surface area contributed by atoms with Crippen LogP contribution in [-0.2, 0) is 6.42 Å². The van der Waals surface area contributed by atoms with Crippen LogP contribution in [0.5, 0.6) is 0 Å². The molecule has 1 N–H and O–H groups in total. The molecule has 1 saturated heterocycles. The van der Waals surface area contributed by atoms with Crippen LogP contribution in [0.3, 0.4) is 0 Å².